The summed E-state index contributed by atoms with van der Waals surface area (Å²) in [6.07, 6.45) is 4.79. The predicted molar refractivity (Wildman–Crippen MR) is 67.6 cm³/mol. The average Bonchev–Trinajstić information content (AvgIpc) is 2.26. The minimum absolute atomic E-state index is 0.694. The van der Waals surface area contributed by atoms with Crippen molar-refractivity contribution in [1.82, 2.24) is 5.32 Å². The van der Waals surface area contributed by atoms with E-state index < -0.39 is 0 Å². The standard InChI is InChI=1S/C6H16N2.C4H13N3/c7-5-3-1-2-4-6-8;5-1-3-7-4-2-6/h1-8H2;7H,1-6H2. The highest BCUT2D eigenvalue weighted by molar-refractivity contribution is 4.45. The zero-order valence-electron chi connectivity index (χ0n) is 9.88. The van der Waals surface area contributed by atoms with Crippen LogP contribution in [0.1, 0.15) is 25.7 Å². The van der Waals surface area contributed by atoms with Gasteiger partial charge < -0.3 is 28.3 Å². The fourth-order valence-electron chi connectivity index (χ4n) is 0.971. The minimum Gasteiger partial charge on any atom is -0.330 e. The summed E-state index contributed by atoms with van der Waals surface area (Å²) < 4.78 is 0. The topological polar surface area (TPSA) is 116 Å². The molecule has 0 fully saturated rings. The van der Waals surface area contributed by atoms with Gasteiger partial charge in [-0.15, -0.1) is 0 Å². The van der Waals surface area contributed by atoms with E-state index in [1.165, 1.54) is 12.8 Å². The first-order chi connectivity index (χ1) is 7.33. The molecule has 0 unspecified atom stereocenters. The van der Waals surface area contributed by atoms with Gasteiger partial charge in [-0.25, -0.2) is 0 Å². The number of hydrogen-bond acceptors (Lipinski definition) is 5. The molecular weight excluding hydrogens is 190 g/mol. The van der Waals surface area contributed by atoms with Gasteiger partial charge in [0.1, 0.15) is 0 Å². The first-order valence-electron chi connectivity index (χ1n) is 5.84. The van der Waals surface area contributed by atoms with Crippen molar-refractivity contribution in [3.05, 3.63) is 0 Å². The first kappa shape index (κ1) is 17.2. The van der Waals surface area contributed by atoms with Gasteiger partial charge in [-0.1, -0.05) is 12.8 Å². The highest BCUT2D eigenvalue weighted by Crippen LogP contribution is 1.95. The molecule has 0 aliphatic carbocycles. The van der Waals surface area contributed by atoms with E-state index in [-0.39, 0.29) is 0 Å². The van der Waals surface area contributed by atoms with Gasteiger partial charge >= 0.3 is 0 Å². The van der Waals surface area contributed by atoms with E-state index >= 15 is 0 Å². The highest BCUT2D eigenvalue weighted by Gasteiger charge is 1.83. The Morgan fingerprint density at radius 1 is 0.533 bits per heavy atom. The second-order valence-corrected chi connectivity index (χ2v) is 3.32. The van der Waals surface area contributed by atoms with Gasteiger partial charge in [0.05, 0.1) is 0 Å². The molecule has 0 radical (unpaired) electrons. The molecule has 15 heavy (non-hydrogen) atoms. The largest absolute Gasteiger partial charge is 0.330 e. The quantitative estimate of drug-likeness (QED) is 0.318. The molecule has 5 nitrogen and oxygen atoms in total. The van der Waals surface area contributed by atoms with Gasteiger partial charge in [-0.2, -0.15) is 0 Å². The molecule has 0 rings (SSSR count). The van der Waals surface area contributed by atoms with Crippen molar-refractivity contribution >= 4 is 0 Å². The molecule has 0 aromatic rings. The maximum Gasteiger partial charge on any atom is 0.00750 e. The highest BCUT2D eigenvalue weighted by atomic mass is 14.9. The maximum atomic E-state index is 5.28. The van der Waals surface area contributed by atoms with Crippen molar-refractivity contribution in [2.75, 3.05) is 39.3 Å². The molecule has 0 aromatic heterocycles. The molecule has 0 amide bonds. The summed E-state index contributed by atoms with van der Waals surface area (Å²) in [5.41, 5.74) is 20.9. The van der Waals surface area contributed by atoms with Crippen LogP contribution in [-0.4, -0.2) is 39.3 Å². The van der Waals surface area contributed by atoms with Gasteiger partial charge in [0, 0.05) is 26.2 Å². The lowest BCUT2D eigenvalue weighted by atomic mass is 10.2. The maximum absolute atomic E-state index is 5.28. The number of unbranched alkanes of at least 4 members (excludes halogenated alkanes) is 3. The zero-order chi connectivity index (χ0) is 11.8. The molecule has 0 aliphatic heterocycles. The van der Waals surface area contributed by atoms with Gasteiger partial charge in [-0.05, 0) is 25.9 Å². The van der Waals surface area contributed by atoms with Crippen LogP contribution in [0.4, 0.5) is 0 Å². The lowest BCUT2D eigenvalue weighted by Gasteiger charge is -1.95. The minimum atomic E-state index is 0.694. The van der Waals surface area contributed by atoms with Crippen LogP contribution >= 0.6 is 0 Å². The monoisotopic (exact) mass is 219 g/mol. The lowest BCUT2D eigenvalue weighted by molar-refractivity contribution is 0.653. The van der Waals surface area contributed by atoms with Crippen LogP contribution in [0.5, 0.6) is 0 Å². The van der Waals surface area contributed by atoms with Crippen LogP contribution < -0.4 is 28.3 Å². The van der Waals surface area contributed by atoms with Gasteiger partial charge in [0.2, 0.25) is 0 Å². The third-order valence-electron chi connectivity index (χ3n) is 1.80. The van der Waals surface area contributed by atoms with E-state index in [0.717, 1.165) is 39.0 Å². The Morgan fingerprint density at radius 3 is 1.20 bits per heavy atom. The second-order valence-electron chi connectivity index (χ2n) is 3.32. The van der Waals surface area contributed by atoms with Crippen molar-refractivity contribution in [3.8, 4) is 0 Å². The van der Waals surface area contributed by atoms with Gasteiger partial charge in [0.15, 0.2) is 0 Å². The van der Waals surface area contributed by atoms with Crippen LogP contribution in [0.15, 0.2) is 0 Å². The second kappa shape index (κ2) is 19.4. The van der Waals surface area contributed by atoms with E-state index in [2.05, 4.69) is 5.32 Å². The fourth-order valence-corrected chi connectivity index (χ4v) is 0.971. The Labute approximate surface area is 93.9 Å². The summed E-state index contributed by atoms with van der Waals surface area (Å²) in [5, 5.41) is 3.03. The van der Waals surface area contributed by atoms with Gasteiger partial charge in [-0.3, -0.25) is 0 Å². The smallest absolute Gasteiger partial charge is 0.00750 e. The Hall–Kier alpha value is -0.200. The SMILES string of the molecule is NCCCCCCN.NCCNCCN. The fraction of sp³-hybridized carbons (Fsp3) is 1.00. The van der Waals surface area contributed by atoms with Crippen LogP contribution in [0.3, 0.4) is 0 Å². The Morgan fingerprint density at radius 2 is 0.933 bits per heavy atom. The average molecular weight is 219 g/mol. The summed E-state index contributed by atoms with van der Waals surface area (Å²) in [4.78, 5) is 0. The van der Waals surface area contributed by atoms with Crippen molar-refractivity contribution in [2.24, 2.45) is 22.9 Å². The Balaban J connectivity index is 0. The molecule has 0 saturated carbocycles. The lowest BCUT2D eigenvalue weighted by Crippen LogP contribution is -2.27. The van der Waals surface area contributed by atoms with Crippen LogP contribution in [0, 0.1) is 0 Å². The molecule has 94 valence electrons. The van der Waals surface area contributed by atoms with Gasteiger partial charge in [0.25, 0.3) is 0 Å². The molecule has 0 bridgehead atoms. The van der Waals surface area contributed by atoms with Crippen LogP contribution in [0.2, 0.25) is 0 Å². The first-order valence-corrected chi connectivity index (χ1v) is 5.84. The van der Waals surface area contributed by atoms with E-state index in [4.69, 9.17) is 22.9 Å². The molecule has 9 N–H and O–H groups in total. The number of nitrogens with two attached hydrogens (primary N) is 4. The molecule has 0 spiro atoms. The third kappa shape index (κ3) is 24.8. The molecule has 5 heteroatoms. The van der Waals surface area contributed by atoms with Crippen molar-refractivity contribution in [3.63, 3.8) is 0 Å². The Kier molecular flexibility index (Phi) is 22.2. The number of nitrogens with one attached hydrogen (secondary N) is 1. The molecule has 0 aliphatic rings. The Bertz CT molecular complexity index is 79.9. The van der Waals surface area contributed by atoms with E-state index in [1.54, 1.807) is 0 Å². The van der Waals surface area contributed by atoms with E-state index in [1.807, 2.05) is 0 Å². The summed E-state index contributed by atoms with van der Waals surface area (Å²) in [5.74, 6) is 0. The molecule has 0 atom stereocenters. The van der Waals surface area contributed by atoms with Crippen molar-refractivity contribution in [1.29, 1.82) is 0 Å². The molecule has 0 saturated heterocycles. The van der Waals surface area contributed by atoms with Crippen LogP contribution in [0.25, 0.3) is 0 Å². The predicted octanol–water partition coefficient (Wildman–Crippen LogP) is -1.04. The molecule has 0 aromatic carbocycles. The van der Waals surface area contributed by atoms with Crippen molar-refractivity contribution in [2.45, 2.75) is 25.7 Å². The third-order valence-corrected chi connectivity index (χ3v) is 1.80. The molecule has 0 heterocycles. The van der Waals surface area contributed by atoms with Crippen molar-refractivity contribution < 1.29 is 0 Å². The zero-order valence-corrected chi connectivity index (χ0v) is 9.88. The van der Waals surface area contributed by atoms with Crippen LogP contribution in [-0.2, 0) is 0 Å². The summed E-state index contributed by atoms with van der Waals surface area (Å²) in [6.45, 7) is 4.78. The summed E-state index contributed by atoms with van der Waals surface area (Å²) in [7, 11) is 0. The molecular formula is C10H29N5. The van der Waals surface area contributed by atoms with E-state index in [0.29, 0.717) is 13.1 Å². The van der Waals surface area contributed by atoms with E-state index in [9.17, 15) is 0 Å². The summed E-state index contributed by atoms with van der Waals surface area (Å²) >= 11 is 0. The number of rotatable bonds is 9. The number of hydrogen-bond donors (Lipinski definition) is 5. The summed E-state index contributed by atoms with van der Waals surface area (Å²) in [6, 6.07) is 0. The normalized spacial score (nSPS) is 9.60.